The third-order valence-corrected chi connectivity index (χ3v) is 10.4. The largest absolute Gasteiger partial charge is 0.507 e. The summed E-state index contributed by atoms with van der Waals surface area (Å²) >= 11 is 3.54. The minimum Gasteiger partial charge on any atom is -0.507 e. The minimum absolute atomic E-state index is 0.103. The van der Waals surface area contributed by atoms with E-state index in [2.05, 4.69) is 46.4 Å². The second-order valence-electron chi connectivity index (χ2n) is 12.9. The molecule has 2 fully saturated rings. The molecule has 7 rings (SSSR count). The number of nitrogens with one attached hydrogen (secondary N) is 1. The average Bonchev–Trinajstić information content (AvgIpc) is 3.64. The lowest BCUT2D eigenvalue weighted by atomic mass is 9.68. The summed E-state index contributed by atoms with van der Waals surface area (Å²) in [5.41, 5.74) is 7.94. The summed E-state index contributed by atoms with van der Waals surface area (Å²) in [7, 11) is 0. The predicted molar refractivity (Wildman–Crippen MR) is 195 cm³/mol. The van der Waals surface area contributed by atoms with Gasteiger partial charge in [0.05, 0.1) is 30.2 Å². The molecular formula is C41H39BrN2O4. The highest BCUT2D eigenvalue weighted by atomic mass is 79.9. The van der Waals surface area contributed by atoms with Crippen molar-refractivity contribution in [2.45, 2.75) is 45.1 Å². The molecule has 7 heteroatoms. The molecule has 4 aromatic carbocycles. The van der Waals surface area contributed by atoms with Crippen molar-refractivity contribution >= 4 is 56.5 Å². The summed E-state index contributed by atoms with van der Waals surface area (Å²) in [6.45, 7) is 2.61. The second-order valence-corrected chi connectivity index (χ2v) is 13.8. The zero-order valence-electron chi connectivity index (χ0n) is 26.9. The van der Waals surface area contributed by atoms with Gasteiger partial charge in [-0.25, -0.2) is 0 Å². The molecule has 4 aromatic rings. The van der Waals surface area contributed by atoms with Crippen LogP contribution in [0.2, 0.25) is 0 Å². The molecule has 4 atom stereocenters. The average molecular weight is 704 g/mol. The van der Waals surface area contributed by atoms with Gasteiger partial charge in [-0.2, -0.15) is 0 Å². The van der Waals surface area contributed by atoms with Crippen LogP contribution in [0.4, 0.5) is 17.1 Å². The van der Waals surface area contributed by atoms with Crippen molar-refractivity contribution in [3.8, 4) is 5.75 Å². The summed E-state index contributed by atoms with van der Waals surface area (Å²) in [6.07, 6.45) is 5.86. The van der Waals surface area contributed by atoms with E-state index in [1.54, 1.807) is 6.07 Å². The highest BCUT2D eigenvalue weighted by Crippen LogP contribution is 2.51. The van der Waals surface area contributed by atoms with E-state index in [4.69, 9.17) is 4.74 Å². The van der Waals surface area contributed by atoms with Crippen molar-refractivity contribution in [2.75, 3.05) is 16.8 Å². The number of ether oxygens (including phenoxy) is 1. The summed E-state index contributed by atoms with van der Waals surface area (Å²) in [5, 5.41) is 14.0. The fourth-order valence-corrected chi connectivity index (χ4v) is 8.09. The van der Waals surface area contributed by atoms with E-state index in [0.29, 0.717) is 18.7 Å². The molecule has 6 nitrogen and oxygen atoms in total. The van der Waals surface area contributed by atoms with Crippen molar-refractivity contribution < 1.29 is 19.4 Å². The Kier molecular flexibility index (Phi) is 9.33. The molecule has 2 heterocycles. The molecule has 48 heavy (non-hydrogen) atoms. The summed E-state index contributed by atoms with van der Waals surface area (Å²) in [5.74, 6) is -0.876. The van der Waals surface area contributed by atoms with Gasteiger partial charge in [0.1, 0.15) is 5.75 Å². The first-order valence-electron chi connectivity index (χ1n) is 16.8. The maximum Gasteiger partial charge on any atom is 0.238 e. The first-order chi connectivity index (χ1) is 23.4. The quantitative estimate of drug-likeness (QED) is 0.0978. The molecule has 1 aliphatic carbocycles. The number of carbonyl (C=O) groups is 2. The molecule has 0 radical (unpaired) electrons. The van der Waals surface area contributed by atoms with E-state index >= 15 is 0 Å². The number of carbonyl (C=O) groups excluding carboxylic acids is 2. The first-order valence-corrected chi connectivity index (χ1v) is 17.6. The summed E-state index contributed by atoms with van der Waals surface area (Å²) in [4.78, 5) is 29.5. The predicted octanol–water partition coefficient (Wildman–Crippen LogP) is 9.54. The van der Waals surface area contributed by atoms with Crippen molar-refractivity contribution in [3.05, 3.63) is 130 Å². The Hall–Kier alpha value is -4.46. The number of amides is 2. The SMILES string of the molecule is CCCC1=C2[C@@H](CC/C(=C/c3cc(Br)ccc3O)c3ccccc3)OC[C@@H]2[C@@H]2C(=O)N(c3ccc(Nc4ccccc4)cc3)C(=O)[C@@H]2C1. The molecular weight excluding hydrogens is 664 g/mol. The van der Waals surface area contributed by atoms with Gasteiger partial charge in [0, 0.05) is 27.3 Å². The van der Waals surface area contributed by atoms with Gasteiger partial charge in [-0.3, -0.25) is 14.5 Å². The molecule has 0 bridgehead atoms. The number of phenolic OH excluding ortho intramolecular Hbond substituents is 1. The molecule has 3 aliphatic rings. The Morgan fingerprint density at radius 3 is 2.35 bits per heavy atom. The number of allylic oxidation sites excluding steroid dienone is 2. The van der Waals surface area contributed by atoms with Gasteiger partial charge in [0.25, 0.3) is 0 Å². The number of fused-ring (bicyclic) bond motifs is 3. The number of para-hydroxylation sites is 1. The lowest BCUT2D eigenvalue weighted by molar-refractivity contribution is -0.122. The molecule has 2 amide bonds. The van der Waals surface area contributed by atoms with Crippen LogP contribution in [0.1, 0.15) is 50.2 Å². The van der Waals surface area contributed by atoms with Crippen molar-refractivity contribution in [3.63, 3.8) is 0 Å². The monoisotopic (exact) mass is 702 g/mol. The number of anilines is 3. The van der Waals surface area contributed by atoms with E-state index < -0.39 is 5.92 Å². The van der Waals surface area contributed by atoms with Gasteiger partial charge in [-0.05, 0) is 103 Å². The molecule has 0 unspecified atom stereocenters. The lowest BCUT2D eigenvalue weighted by Crippen LogP contribution is -2.34. The molecule has 2 N–H and O–H groups in total. The number of hydrogen-bond donors (Lipinski definition) is 2. The fourth-order valence-electron chi connectivity index (χ4n) is 7.72. The number of phenols is 1. The normalized spacial score (nSPS) is 22.2. The van der Waals surface area contributed by atoms with E-state index in [1.165, 1.54) is 16.0 Å². The van der Waals surface area contributed by atoms with Crippen molar-refractivity contribution in [1.29, 1.82) is 0 Å². The Morgan fingerprint density at radius 2 is 1.62 bits per heavy atom. The zero-order chi connectivity index (χ0) is 33.2. The maximum atomic E-state index is 14.1. The van der Waals surface area contributed by atoms with Crippen molar-refractivity contribution in [1.82, 2.24) is 0 Å². The summed E-state index contributed by atoms with van der Waals surface area (Å²) < 4.78 is 7.43. The van der Waals surface area contributed by atoms with Crippen molar-refractivity contribution in [2.24, 2.45) is 17.8 Å². The minimum atomic E-state index is -0.414. The van der Waals surface area contributed by atoms with Crippen LogP contribution in [0.15, 0.2) is 119 Å². The number of nitrogens with zero attached hydrogens (tertiary/aromatic N) is 1. The number of benzene rings is 4. The van der Waals surface area contributed by atoms with Gasteiger partial charge in [-0.1, -0.05) is 83.4 Å². The van der Waals surface area contributed by atoms with Gasteiger partial charge in [0.2, 0.25) is 11.8 Å². The van der Waals surface area contributed by atoms with Crippen LogP contribution in [-0.4, -0.2) is 29.6 Å². The van der Waals surface area contributed by atoms with Crippen LogP contribution < -0.4 is 10.2 Å². The first kappa shape index (κ1) is 32.1. The Morgan fingerprint density at radius 1 is 0.917 bits per heavy atom. The van der Waals surface area contributed by atoms with Gasteiger partial charge < -0.3 is 15.2 Å². The second kappa shape index (κ2) is 14.0. The number of imide groups is 1. The number of hydrogen-bond acceptors (Lipinski definition) is 5. The van der Waals surface area contributed by atoms with Crippen LogP contribution in [0.25, 0.3) is 11.6 Å². The van der Waals surface area contributed by atoms with Crippen LogP contribution in [0.3, 0.4) is 0 Å². The number of rotatable bonds is 10. The Bertz CT molecular complexity index is 1870. The third kappa shape index (κ3) is 6.37. The Labute approximate surface area is 290 Å². The highest BCUT2D eigenvalue weighted by molar-refractivity contribution is 9.10. The van der Waals surface area contributed by atoms with Crippen LogP contribution in [-0.2, 0) is 14.3 Å². The third-order valence-electron chi connectivity index (χ3n) is 9.89. The van der Waals surface area contributed by atoms with E-state index in [-0.39, 0.29) is 35.5 Å². The molecule has 0 saturated carbocycles. The standard InChI is InChI=1S/C41H39BrN2O4/c1-2-9-28-24-34-39(41(47)44(40(34)46)33-18-16-32(17-19-33)43-31-12-7-4-8-13-31)35-25-48-37(38(28)35)21-14-27(26-10-5-3-6-11-26)22-29-23-30(42)15-20-36(29)45/h3-8,10-13,15-20,22-23,34-35,37,39,43,45H,2,9,14,21,24-25H2,1H3/b27-22-/t34-,35+,37-,39-/m1/s1. The maximum absolute atomic E-state index is 14.1. The van der Waals surface area contributed by atoms with E-state index in [0.717, 1.165) is 58.2 Å². The highest BCUT2D eigenvalue weighted by Gasteiger charge is 2.57. The lowest BCUT2D eigenvalue weighted by Gasteiger charge is -2.32. The Balaban J connectivity index is 1.13. The molecule has 0 spiro atoms. The van der Waals surface area contributed by atoms with E-state index in [9.17, 15) is 14.7 Å². The van der Waals surface area contributed by atoms with Crippen LogP contribution >= 0.6 is 15.9 Å². The van der Waals surface area contributed by atoms with Gasteiger partial charge in [-0.15, -0.1) is 0 Å². The van der Waals surface area contributed by atoms with Crippen LogP contribution in [0.5, 0.6) is 5.75 Å². The zero-order valence-corrected chi connectivity index (χ0v) is 28.5. The molecule has 0 aromatic heterocycles. The van der Waals surface area contributed by atoms with Gasteiger partial charge >= 0.3 is 0 Å². The topological polar surface area (TPSA) is 78.9 Å². The van der Waals surface area contributed by atoms with Gasteiger partial charge in [0.15, 0.2) is 0 Å². The number of aromatic hydroxyl groups is 1. The van der Waals surface area contributed by atoms with Crippen LogP contribution in [0, 0.1) is 17.8 Å². The van der Waals surface area contributed by atoms with E-state index in [1.807, 2.05) is 84.9 Å². The summed E-state index contributed by atoms with van der Waals surface area (Å²) in [6, 6.07) is 33.1. The molecule has 244 valence electrons. The fraction of sp³-hybridized carbons (Fsp3) is 0.268. The smallest absolute Gasteiger partial charge is 0.238 e. The molecule has 2 saturated heterocycles. The molecule has 2 aliphatic heterocycles. The number of halogens is 1.